The van der Waals surface area contributed by atoms with Crippen LogP contribution in [0.25, 0.3) is 0 Å². The molecule has 1 heterocycles. The van der Waals surface area contributed by atoms with Crippen LogP contribution in [0.3, 0.4) is 0 Å². The summed E-state index contributed by atoms with van der Waals surface area (Å²) in [6.07, 6.45) is -3.50. The molecule has 0 spiro atoms. The van der Waals surface area contributed by atoms with Crippen molar-refractivity contribution >= 4 is 46.5 Å². The van der Waals surface area contributed by atoms with Crippen molar-refractivity contribution in [3.05, 3.63) is 72.2 Å². The SMILES string of the molecule is CC(=O)Nc1ccc(SCC(=O)Nc2ccc(NC(=O)c3ccco3)cc2C(F)(F)F)cc1. The van der Waals surface area contributed by atoms with Crippen molar-refractivity contribution in [3.63, 3.8) is 0 Å². The Kier molecular flexibility index (Phi) is 7.44. The Morgan fingerprint density at radius 1 is 0.939 bits per heavy atom. The monoisotopic (exact) mass is 477 g/mol. The van der Waals surface area contributed by atoms with Gasteiger partial charge in [0.25, 0.3) is 5.91 Å². The number of amides is 3. The quantitative estimate of drug-likeness (QED) is 0.404. The third-order valence-electron chi connectivity index (χ3n) is 4.15. The average Bonchev–Trinajstić information content (AvgIpc) is 3.28. The molecule has 3 rings (SSSR count). The number of furan rings is 1. The molecule has 0 aliphatic heterocycles. The number of carbonyl (C=O) groups is 3. The smallest absolute Gasteiger partial charge is 0.418 e. The van der Waals surface area contributed by atoms with Gasteiger partial charge in [-0.05, 0) is 54.6 Å². The van der Waals surface area contributed by atoms with E-state index in [9.17, 15) is 27.6 Å². The van der Waals surface area contributed by atoms with Crippen LogP contribution in [0, 0.1) is 0 Å². The fourth-order valence-electron chi connectivity index (χ4n) is 2.74. The van der Waals surface area contributed by atoms with Gasteiger partial charge < -0.3 is 20.4 Å². The summed E-state index contributed by atoms with van der Waals surface area (Å²) in [6, 6.07) is 12.6. The molecule has 0 aliphatic carbocycles. The van der Waals surface area contributed by atoms with E-state index < -0.39 is 29.2 Å². The van der Waals surface area contributed by atoms with Crippen molar-refractivity contribution in [2.45, 2.75) is 18.0 Å². The zero-order chi connectivity index (χ0) is 24.0. The number of carbonyl (C=O) groups excluding carboxylic acids is 3. The Labute approximate surface area is 190 Å². The van der Waals surface area contributed by atoms with E-state index >= 15 is 0 Å². The normalized spacial score (nSPS) is 11.0. The van der Waals surface area contributed by atoms with Crippen molar-refractivity contribution in [1.82, 2.24) is 0 Å². The average molecular weight is 477 g/mol. The van der Waals surface area contributed by atoms with Gasteiger partial charge in [-0.2, -0.15) is 13.2 Å². The fourth-order valence-corrected chi connectivity index (χ4v) is 3.44. The molecule has 1 aromatic heterocycles. The van der Waals surface area contributed by atoms with Gasteiger partial charge in [0.05, 0.1) is 23.3 Å². The molecule has 0 saturated heterocycles. The first-order valence-corrected chi connectivity index (χ1v) is 10.5. The van der Waals surface area contributed by atoms with Crippen molar-refractivity contribution in [2.75, 3.05) is 21.7 Å². The first-order valence-electron chi connectivity index (χ1n) is 9.48. The highest BCUT2D eigenvalue weighted by molar-refractivity contribution is 8.00. The molecular weight excluding hydrogens is 459 g/mol. The van der Waals surface area contributed by atoms with E-state index in [1.807, 2.05) is 0 Å². The van der Waals surface area contributed by atoms with Crippen molar-refractivity contribution in [3.8, 4) is 0 Å². The number of halogens is 3. The topological polar surface area (TPSA) is 100 Å². The second-order valence-corrected chi connectivity index (χ2v) is 7.78. The number of nitrogens with one attached hydrogen (secondary N) is 3. The number of benzene rings is 2. The standard InChI is InChI=1S/C22H18F3N3O4S/c1-13(29)26-14-4-7-16(8-5-14)33-12-20(30)28-18-9-6-15(11-17(18)22(23,24)25)27-21(31)19-3-2-10-32-19/h2-11H,12H2,1H3,(H,26,29)(H,27,31)(H,28,30). The Morgan fingerprint density at radius 2 is 1.64 bits per heavy atom. The number of hydrogen-bond donors (Lipinski definition) is 3. The minimum absolute atomic E-state index is 0.0527. The van der Waals surface area contributed by atoms with Gasteiger partial charge >= 0.3 is 6.18 Å². The number of hydrogen-bond acceptors (Lipinski definition) is 5. The molecule has 0 fully saturated rings. The number of rotatable bonds is 7. The largest absolute Gasteiger partial charge is 0.459 e. The lowest BCUT2D eigenvalue weighted by Crippen LogP contribution is -2.19. The molecule has 11 heteroatoms. The van der Waals surface area contributed by atoms with E-state index in [-0.39, 0.29) is 23.1 Å². The minimum Gasteiger partial charge on any atom is -0.459 e. The first-order chi connectivity index (χ1) is 15.6. The highest BCUT2D eigenvalue weighted by Gasteiger charge is 2.34. The zero-order valence-electron chi connectivity index (χ0n) is 17.2. The van der Waals surface area contributed by atoms with Crippen LogP contribution in [-0.4, -0.2) is 23.5 Å². The summed E-state index contributed by atoms with van der Waals surface area (Å²) >= 11 is 1.13. The number of anilines is 3. The molecule has 7 nitrogen and oxygen atoms in total. The Morgan fingerprint density at radius 3 is 2.24 bits per heavy atom. The maximum absolute atomic E-state index is 13.6. The highest BCUT2D eigenvalue weighted by Crippen LogP contribution is 2.37. The molecular formula is C22H18F3N3O4S. The lowest BCUT2D eigenvalue weighted by atomic mass is 10.1. The zero-order valence-corrected chi connectivity index (χ0v) is 18.0. The van der Waals surface area contributed by atoms with Crippen LogP contribution in [0.15, 0.2) is 70.2 Å². The lowest BCUT2D eigenvalue weighted by Gasteiger charge is -2.15. The molecule has 172 valence electrons. The van der Waals surface area contributed by atoms with Crippen LogP contribution in [0.1, 0.15) is 23.0 Å². The van der Waals surface area contributed by atoms with Crippen LogP contribution in [0.5, 0.6) is 0 Å². The minimum atomic E-state index is -4.76. The van der Waals surface area contributed by atoms with Crippen molar-refractivity contribution < 1.29 is 32.0 Å². The van der Waals surface area contributed by atoms with Gasteiger partial charge in [-0.3, -0.25) is 14.4 Å². The van der Waals surface area contributed by atoms with Crippen molar-refractivity contribution in [2.24, 2.45) is 0 Å². The Bertz CT molecular complexity index is 1150. The molecule has 3 aromatic rings. The molecule has 33 heavy (non-hydrogen) atoms. The van der Waals surface area contributed by atoms with Gasteiger partial charge in [-0.15, -0.1) is 11.8 Å². The Hall–Kier alpha value is -3.73. The van der Waals surface area contributed by atoms with Gasteiger partial charge in [0.15, 0.2) is 5.76 Å². The molecule has 3 N–H and O–H groups in total. The number of thioether (sulfide) groups is 1. The maximum Gasteiger partial charge on any atom is 0.418 e. The van der Waals surface area contributed by atoms with E-state index in [0.29, 0.717) is 10.6 Å². The van der Waals surface area contributed by atoms with E-state index in [0.717, 1.165) is 23.9 Å². The molecule has 0 bridgehead atoms. The summed E-state index contributed by atoms with van der Waals surface area (Å²) in [4.78, 5) is 36.0. The van der Waals surface area contributed by atoms with E-state index in [1.54, 1.807) is 24.3 Å². The van der Waals surface area contributed by atoms with Crippen LogP contribution in [0.4, 0.5) is 30.2 Å². The van der Waals surface area contributed by atoms with Gasteiger partial charge in [0.2, 0.25) is 11.8 Å². The van der Waals surface area contributed by atoms with E-state index in [2.05, 4.69) is 16.0 Å². The van der Waals surface area contributed by atoms with Gasteiger partial charge in [0, 0.05) is 23.2 Å². The summed E-state index contributed by atoms with van der Waals surface area (Å²) in [7, 11) is 0. The van der Waals surface area contributed by atoms with Crippen LogP contribution < -0.4 is 16.0 Å². The van der Waals surface area contributed by atoms with Crippen LogP contribution in [0.2, 0.25) is 0 Å². The van der Waals surface area contributed by atoms with Crippen molar-refractivity contribution in [1.29, 1.82) is 0 Å². The second kappa shape index (κ2) is 10.3. The lowest BCUT2D eigenvalue weighted by molar-refractivity contribution is -0.137. The van der Waals surface area contributed by atoms with Gasteiger partial charge in [-0.1, -0.05) is 0 Å². The molecule has 0 aliphatic rings. The maximum atomic E-state index is 13.6. The third-order valence-corrected chi connectivity index (χ3v) is 5.16. The first kappa shape index (κ1) is 23.9. The van der Waals surface area contributed by atoms with Crippen LogP contribution in [-0.2, 0) is 15.8 Å². The number of alkyl halides is 3. The Balaban J connectivity index is 1.65. The summed E-state index contributed by atoms with van der Waals surface area (Å²) in [5.41, 5.74) is -1.04. The third kappa shape index (κ3) is 6.88. The summed E-state index contributed by atoms with van der Waals surface area (Å²) in [5.74, 6) is -1.74. The predicted octanol–water partition coefficient (Wildman–Crippen LogP) is 5.24. The fraction of sp³-hybridized carbons (Fsp3) is 0.136. The highest BCUT2D eigenvalue weighted by atomic mass is 32.2. The van der Waals surface area contributed by atoms with Gasteiger partial charge in [-0.25, -0.2) is 0 Å². The molecule has 0 unspecified atom stereocenters. The molecule has 3 amide bonds. The predicted molar refractivity (Wildman–Crippen MR) is 118 cm³/mol. The van der Waals surface area contributed by atoms with E-state index in [1.165, 1.54) is 31.4 Å². The summed E-state index contributed by atoms with van der Waals surface area (Å²) in [6.45, 7) is 1.38. The molecule has 0 saturated carbocycles. The summed E-state index contributed by atoms with van der Waals surface area (Å²) < 4.78 is 45.6. The summed E-state index contributed by atoms with van der Waals surface area (Å²) in [5, 5.41) is 7.20. The molecule has 2 aromatic carbocycles. The van der Waals surface area contributed by atoms with Crippen LogP contribution >= 0.6 is 11.8 Å². The van der Waals surface area contributed by atoms with Gasteiger partial charge in [0.1, 0.15) is 0 Å². The van der Waals surface area contributed by atoms with E-state index in [4.69, 9.17) is 4.42 Å². The second-order valence-electron chi connectivity index (χ2n) is 6.73. The molecule has 0 radical (unpaired) electrons. The molecule has 0 atom stereocenters.